The summed E-state index contributed by atoms with van der Waals surface area (Å²) >= 11 is 0. The smallest absolute Gasteiger partial charge is 0.268 e. The summed E-state index contributed by atoms with van der Waals surface area (Å²) in [5, 5.41) is 1.99. The molecule has 0 saturated heterocycles. The number of benzene rings is 8. The van der Waals surface area contributed by atoms with E-state index in [1.165, 1.54) is 0 Å². The predicted molar refractivity (Wildman–Crippen MR) is 275 cm³/mol. The number of para-hydroxylation sites is 6. The van der Waals surface area contributed by atoms with Crippen LogP contribution in [-0.2, 0) is 26.5 Å². The van der Waals surface area contributed by atoms with E-state index < -0.39 is 60.4 Å². The predicted octanol–water partition coefficient (Wildman–Crippen LogP) is 13.8. The van der Waals surface area contributed by atoms with Crippen LogP contribution >= 0.6 is 0 Å². The Morgan fingerprint density at radius 2 is 1.27 bits per heavy atom. The Morgan fingerprint density at radius 1 is 0.614 bits per heavy atom. The van der Waals surface area contributed by atoms with Gasteiger partial charge in [0.2, 0.25) is 5.78 Å². The van der Waals surface area contributed by atoms with Gasteiger partial charge in [-0.3, -0.25) is 13.5 Å². The minimum absolute atomic E-state index is 0. The fourth-order valence-electron chi connectivity index (χ4n) is 9.29. The summed E-state index contributed by atoms with van der Waals surface area (Å²) in [7, 11) is 0. The topological polar surface area (TPSA) is 58.1 Å². The zero-order chi connectivity index (χ0) is 54.9. The van der Waals surface area contributed by atoms with Gasteiger partial charge in [0.1, 0.15) is 5.82 Å². The van der Waals surface area contributed by atoms with Crippen LogP contribution in [0.15, 0.2) is 206 Å². The zero-order valence-corrected chi connectivity index (χ0v) is 40.0. The first-order valence-electron chi connectivity index (χ1n) is 27.3. The molecule has 0 fully saturated rings. The fourth-order valence-corrected chi connectivity index (χ4v) is 9.29. The number of rotatable bonds is 8. The molecule has 9 heteroatoms. The number of hydrogen-bond acceptors (Lipinski definition) is 3. The van der Waals surface area contributed by atoms with Gasteiger partial charge in [-0.25, -0.2) is 9.97 Å². The molecule has 340 valence electrons. The average Bonchev–Trinajstić information content (AvgIpc) is 4.35. The van der Waals surface area contributed by atoms with Gasteiger partial charge < -0.3 is 13.9 Å². The van der Waals surface area contributed by atoms with Crippen LogP contribution in [0, 0.1) is 18.5 Å². The van der Waals surface area contributed by atoms with Gasteiger partial charge in [-0.2, -0.15) is 18.2 Å². The second kappa shape index (κ2) is 17.0. The van der Waals surface area contributed by atoms with Crippen molar-refractivity contribution in [3.05, 3.63) is 230 Å². The van der Waals surface area contributed by atoms with E-state index in [0.29, 0.717) is 28.8 Å². The minimum atomic E-state index is -0.592. The van der Waals surface area contributed by atoms with Crippen LogP contribution < -0.4 is 9.30 Å². The van der Waals surface area contributed by atoms with Crippen molar-refractivity contribution in [2.75, 3.05) is 0 Å². The maximum atomic E-state index is 9.19. The Kier molecular flexibility index (Phi) is 8.08. The second-order valence-electron chi connectivity index (χ2n) is 17.6. The summed E-state index contributed by atoms with van der Waals surface area (Å²) in [5.41, 5.74) is 6.25. The van der Waals surface area contributed by atoms with Crippen molar-refractivity contribution in [2.45, 2.75) is 26.2 Å². The third kappa shape index (κ3) is 7.14. The van der Waals surface area contributed by atoms with Crippen LogP contribution in [0.1, 0.15) is 40.0 Å². The zero-order valence-electron chi connectivity index (χ0n) is 47.7. The monoisotopic (exact) mass is 1090 g/mol. The van der Waals surface area contributed by atoms with E-state index >= 15 is 0 Å². The first-order valence-corrected chi connectivity index (χ1v) is 22.3. The van der Waals surface area contributed by atoms with Crippen molar-refractivity contribution in [2.24, 2.45) is 0 Å². The van der Waals surface area contributed by atoms with Gasteiger partial charge in [0, 0.05) is 44.3 Å². The molecule has 70 heavy (non-hydrogen) atoms. The van der Waals surface area contributed by atoms with E-state index in [2.05, 4.69) is 66.4 Å². The van der Waals surface area contributed by atoms with Crippen molar-refractivity contribution in [1.82, 2.24) is 28.1 Å². The summed E-state index contributed by atoms with van der Waals surface area (Å²) in [4.78, 5) is 10.00. The van der Waals surface area contributed by atoms with Gasteiger partial charge >= 0.3 is 0 Å². The van der Waals surface area contributed by atoms with Crippen LogP contribution in [0.4, 0.5) is 0 Å². The quantitative estimate of drug-likeness (QED) is 0.113. The Morgan fingerprint density at radius 3 is 2.01 bits per heavy atom. The molecule has 0 spiro atoms. The molecule has 5 aromatic heterocycles. The summed E-state index contributed by atoms with van der Waals surface area (Å²) in [5.74, 6) is 2.42. The Labute approximate surface area is 433 Å². The molecule has 8 nitrogen and oxygen atoms in total. The van der Waals surface area contributed by atoms with Crippen molar-refractivity contribution in [3.8, 4) is 56.8 Å². The third-order valence-corrected chi connectivity index (χ3v) is 12.4. The molecule has 8 aromatic carbocycles. The number of pyridine rings is 1. The van der Waals surface area contributed by atoms with Crippen molar-refractivity contribution < 1.29 is 44.1 Å². The van der Waals surface area contributed by atoms with E-state index in [1.807, 2.05) is 102 Å². The van der Waals surface area contributed by atoms with Crippen LogP contribution in [-0.4, -0.2) is 28.1 Å². The number of imidazole rings is 3. The van der Waals surface area contributed by atoms with Crippen LogP contribution in [0.25, 0.3) is 94.9 Å². The standard InChI is InChI=1S/C61H43N7O.Pt/c1-61(2,3)43-34-35-62-57(36-43)66-52-28-12-10-24-49(52)50-33-32-46(38-56(50)66)69-45-23-16-22-44(37-45)65-40-64(59-47(41-18-6-4-7-19-41)25-17-26-48(59)42-20-8-5-9-21-42)39-58(65)68-55-31-15-14-30-54(55)67-53-29-13-11-27-51(53)63-60(67)68;/h4-36,39H,1-3H3;/q-2;/i4D,5D,6D,7D,8D,9D,18D,19D,20D,21D;. The van der Waals surface area contributed by atoms with Gasteiger partial charge in [-0.1, -0.05) is 147 Å². The number of aromatic nitrogens is 7. The van der Waals surface area contributed by atoms with Gasteiger partial charge in [-0.15, -0.1) is 29.7 Å². The minimum Gasteiger partial charge on any atom is -0.510 e. The first kappa shape index (κ1) is 33.2. The van der Waals surface area contributed by atoms with E-state index in [1.54, 1.807) is 39.6 Å². The summed E-state index contributed by atoms with van der Waals surface area (Å²) in [6.07, 6.45) is 7.03. The number of fused-ring (bicyclic) bond motifs is 8. The molecule has 0 unspecified atom stereocenters. The molecule has 0 amide bonds. The number of nitrogens with zero attached hydrogens (tertiary/aromatic N) is 7. The molecule has 0 aliphatic carbocycles. The van der Waals surface area contributed by atoms with E-state index in [-0.39, 0.29) is 54.4 Å². The van der Waals surface area contributed by atoms with Gasteiger partial charge in [0.25, 0.3) is 6.33 Å². The van der Waals surface area contributed by atoms with Crippen molar-refractivity contribution in [3.63, 3.8) is 0 Å². The Hall–Kier alpha value is -8.32. The SMILES string of the molecule is [2H]c1c([2H])c([2H])c(-c2cccc(-c3c([2H])c([2H])c([2H])c([2H])c3[2H])c2-[n+]2[c-]n(-c3[c-]c(Oc4[c-]c5c(cc4)c4ccccc4n5-c4cc(C(C)(C)C)ccn4)ccc3)c(-n3c4ccccc4n4c5ccccc5nc34)c2)c([2H])c1[2H].[Pt]. The largest absolute Gasteiger partial charge is 0.510 e. The summed E-state index contributed by atoms with van der Waals surface area (Å²) in [6.45, 7) is 6.50. The van der Waals surface area contributed by atoms with Crippen LogP contribution in [0.3, 0.4) is 0 Å². The van der Waals surface area contributed by atoms with E-state index in [4.69, 9.17) is 22.9 Å². The molecule has 5 heterocycles. The molecule has 13 rings (SSSR count). The maximum absolute atomic E-state index is 9.19. The van der Waals surface area contributed by atoms with Crippen LogP contribution in [0.5, 0.6) is 11.5 Å². The van der Waals surface area contributed by atoms with Crippen LogP contribution in [0.2, 0.25) is 0 Å². The summed E-state index contributed by atoms with van der Waals surface area (Å²) < 4.78 is 105. The van der Waals surface area contributed by atoms with Gasteiger partial charge in [0.15, 0.2) is 5.82 Å². The number of ether oxygens (including phenoxy) is 1. The molecule has 0 atom stereocenters. The number of hydrogen-bond donors (Lipinski definition) is 0. The maximum Gasteiger partial charge on any atom is 0.268 e. The second-order valence-corrected chi connectivity index (χ2v) is 17.6. The van der Waals surface area contributed by atoms with Crippen molar-refractivity contribution in [1.29, 1.82) is 0 Å². The Balaban J connectivity index is 0.00000637. The van der Waals surface area contributed by atoms with Gasteiger partial charge in [0.05, 0.1) is 47.7 Å². The summed E-state index contributed by atoms with van der Waals surface area (Å²) in [6, 6.07) is 43.4. The van der Waals surface area contributed by atoms with Gasteiger partial charge in [-0.05, 0) is 86.8 Å². The molecular formula is C61H43N7OPt-2. The van der Waals surface area contributed by atoms with E-state index in [0.717, 1.165) is 55.3 Å². The molecule has 0 saturated carbocycles. The molecule has 0 aliphatic heterocycles. The average molecular weight is 1100 g/mol. The molecule has 0 aliphatic rings. The Bertz CT molecular complexity index is 4580. The molecular weight excluding hydrogens is 1040 g/mol. The van der Waals surface area contributed by atoms with E-state index in [9.17, 15) is 5.48 Å². The molecule has 13 aromatic rings. The molecule has 0 bridgehead atoms. The fraction of sp³-hybridized carbons (Fsp3) is 0.0656. The van der Waals surface area contributed by atoms with Crippen molar-refractivity contribution >= 4 is 49.7 Å². The normalized spacial score (nSPS) is 13.8. The molecule has 0 N–H and O–H groups in total. The first-order chi connectivity index (χ1) is 38.0. The third-order valence-electron chi connectivity index (χ3n) is 12.4. The molecule has 0 radical (unpaired) electrons.